The Morgan fingerprint density at radius 1 is 1.12 bits per heavy atom. The van der Waals surface area contributed by atoms with E-state index in [0.717, 1.165) is 0 Å². The lowest BCUT2D eigenvalue weighted by atomic mass is 10.2. The average Bonchev–Trinajstić information content (AvgIpc) is 2.13. The Balaban J connectivity index is 5.17. The predicted molar refractivity (Wildman–Crippen MR) is 60.4 cm³/mol. The Kier molecular flexibility index (Phi) is 5.85. The molecule has 0 amide bonds. The zero-order valence-corrected chi connectivity index (χ0v) is 9.73. The third kappa shape index (κ3) is 5.14. The highest BCUT2D eigenvalue weighted by atomic mass is 16.7. The van der Waals surface area contributed by atoms with Crippen LogP contribution in [-0.4, -0.2) is 17.7 Å². The zero-order valence-electron chi connectivity index (χ0n) is 9.73. The highest BCUT2D eigenvalue weighted by molar-refractivity contribution is 5.69. The van der Waals surface area contributed by atoms with Crippen molar-refractivity contribution in [1.29, 1.82) is 0 Å². The van der Waals surface area contributed by atoms with E-state index in [4.69, 9.17) is 9.47 Å². The maximum atomic E-state index is 11.0. The lowest BCUT2D eigenvalue weighted by molar-refractivity contribution is -0.194. The van der Waals surface area contributed by atoms with Crippen LogP contribution in [0.15, 0.2) is 37.0 Å². The van der Waals surface area contributed by atoms with Crippen molar-refractivity contribution in [2.75, 3.05) is 0 Å². The van der Waals surface area contributed by atoms with Crippen LogP contribution in [0.5, 0.6) is 0 Å². The molecule has 0 spiro atoms. The standard InChI is InChI=1S/C12H16O4/c1-5-7-9-12(8-6-2,15-10(3)13)16-11(4)14/h5-9H,1H2,2-4H3. The van der Waals surface area contributed by atoms with Gasteiger partial charge in [-0.25, -0.2) is 0 Å². The van der Waals surface area contributed by atoms with Crippen LogP contribution in [0.25, 0.3) is 0 Å². The van der Waals surface area contributed by atoms with Gasteiger partial charge in [-0.1, -0.05) is 24.8 Å². The lowest BCUT2D eigenvalue weighted by Gasteiger charge is -2.25. The highest BCUT2D eigenvalue weighted by Crippen LogP contribution is 2.18. The summed E-state index contributed by atoms with van der Waals surface area (Å²) < 4.78 is 9.98. The Labute approximate surface area is 95.2 Å². The molecular weight excluding hydrogens is 208 g/mol. The van der Waals surface area contributed by atoms with Gasteiger partial charge in [-0.3, -0.25) is 9.59 Å². The van der Waals surface area contributed by atoms with Crippen molar-refractivity contribution in [3.63, 3.8) is 0 Å². The number of esters is 2. The molecule has 0 unspecified atom stereocenters. The number of carbonyl (C=O) groups excluding carboxylic acids is 2. The van der Waals surface area contributed by atoms with Crippen molar-refractivity contribution < 1.29 is 19.1 Å². The molecule has 0 aromatic rings. The van der Waals surface area contributed by atoms with Crippen molar-refractivity contribution in [2.24, 2.45) is 0 Å². The molecule has 0 atom stereocenters. The summed E-state index contributed by atoms with van der Waals surface area (Å²) in [5.41, 5.74) is 0. The fourth-order valence-electron chi connectivity index (χ4n) is 1.10. The molecule has 0 aliphatic carbocycles. The zero-order chi connectivity index (χ0) is 12.6. The van der Waals surface area contributed by atoms with Crippen molar-refractivity contribution >= 4 is 11.9 Å². The Morgan fingerprint density at radius 3 is 1.94 bits per heavy atom. The summed E-state index contributed by atoms with van der Waals surface area (Å²) in [7, 11) is 0. The van der Waals surface area contributed by atoms with E-state index in [-0.39, 0.29) is 0 Å². The number of ether oxygens (including phenoxy) is 2. The van der Waals surface area contributed by atoms with Gasteiger partial charge in [0.25, 0.3) is 5.79 Å². The number of carbonyl (C=O) groups is 2. The largest absolute Gasteiger partial charge is 0.415 e. The minimum absolute atomic E-state index is 0.548. The molecule has 0 rings (SSSR count). The minimum Gasteiger partial charge on any atom is -0.415 e. The Bertz CT molecular complexity index is 310. The maximum Gasteiger partial charge on any atom is 0.306 e. The molecule has 0 aromatic carbocycles. The molecule has 0 aliphatic heterocycles. The number of rotatable bonds is 5. The van der Waals surface area contributed by atoms with Gasteiger partial charge in [0, 0.05) is 19.9 Å². The molecule has 4 heteroatoms. The predicted octanol–water partition coefficient (Wildman–Crippen LogP) is 2.13. The number of hydrogen-bond donors (Lipinski definition) is 0. The molecule has 0 bridgehead atoms. The van der Waals surface area contributed by atoms with Crippen LogP contribution in [0.4, 0.5) is 0 Å². The summed E-state index contributed by atoms with van der Waals surface area (Å²) in [6.45, 7) is 7.70. The van der Waals surface area contributed by atoms with Gasteiger partial charge in [0.2, 0.25) is 0 Å². The van der Waals surface area contributed by atoms with E-state index in [1.807, 2.05) is 0 Å². The Morgan fingerprint density at radius 2 is 1.62 bits per heavy atom. The van der Waals surface area contributed by atoms with Gasteiger partial charge in [-0.05, 0) is 13.0 Å². The molecule has 4 nitrogen and oxygen atoms in total. The SMILES string of the molecule is C=CC=CC(C=CC)(OC(C)=O)OC(C)=O. The summed E-state index contributed by atoms with van der Waals surface area (Å²) in [4.78, 5) is 21.9. The van der Waals surface area contributed by atoms with Crippen LogP contribution >= 0.6 is 0 Å². The second-order valence-corrected chi connectivity index (χ2v) is 3.00. The van der Waals surface area contributed by atoms with Crippen molar-refractivity contribution in [3.05, 3.63) is 37.0 Å². The molecule has 88 valence electrons. The van der Waals surface area contributed by atoms with Crippen molar-refractivity contribution in [3.8, 4) is 0 Å². The molecular formula is C12H16O4. The van der Waals surface area contributed by atoms with E-state index in [2.05, 4.69) is 6.58 Å². The number of allylic oxidation sites excluding steroid dienone is 3. The van der Waals surface area contributed by atoms with Crippen LogP contribution in [0, 0.1) is 0 Å². The summed E-state index contributed by atoms with van der Waals surface area (Å²) >= 11 is 0. The third-order valence-electron chi connectivity index (χ3n) is 1.47. The fourth-order valence-corrected chi connectivity index (χ4v) is 1.10. The van der Waals surface area contributed by atoms with Gasteiger partial charge >= 0.3 is 11.9 Å². The molecule has 0 aromatic heterocycles. The molecule has 0 fully saturated rings. The second kappa shape index (κ2) is 6.61. The first-order valence-corrected chi connectivity index (χ1v) is 4.79. The first-order chi connectivity index (χ1) is 7.45. The van der Waals surface area contributed by atoms with Gasteiger partial charge in [-0.15, -0.1) is 0 Å². The minimum atomic E-state index is -1.49. The molecule has 0 radical (unpaired) electrons. The van der Waals surface area contributed by atoms with Crippen molar-refractivity contribution in [2.45, 2.75) is 26.6 Å². The molecule has 0 saturated carbocycles. The van der Waals surface area contributed by atoms with Crippen LogP contribution in [0.2, 0.25) is 0 Å². The van der Waals surface area contributed by atoms with Crippen LogP contribution in [0.1, 0.15) is 20.8 Å². The first-order valence-electron chi connectivity index (χ1n) is 4.79. The fraction of sp³-hybridized carbons (Fsp3) is 0.333. The highest BCUT2D eigenvalue weighted by Gasteiger charge is 2.30. The molecule has 0 N–H and O–H groups in total. The smallest absolute Gasteiger partial charge is 0.306 e. The van der Waals surface area contributed by atoms with Gasteiger partial charge in [0.1, 0.15) is 0 Å². The van der Waals surface area contributed by atoms with E-state index < -0.39 is 17.7 Å². The molecule has 0 aliphatic rings. The van der Waals surface area contributed by atoms with E-state index in [1.165, 1.54) is 38.2 Å². The monoisotopic (exact) mass is 224 g/mol. The number of hydrogen-bond acceptors (Lipinski definition) is 4. The van der Waals surface area contributed by atoms with E-state index in [0.29, 0.717) is 0 Å². The van der Waals surface area contributed by atoms with Gasteiger partial charge in [-0.2, -0.15) is 0 Å². The van der Waals surface area contributed by atoms with Gasteiger partial charge < -0.3 is 9.47 Å². The summed E-state index contributed by atoms with van der Waals surface area (Å²) in [5.74, 6) is -2.58. The van der Waals surface area contributed by atoms with E-state index >= 15 is 0 Å². The van der Waals surface area contributed by atoms with Crippen LogP contribution < -0.4 is 0 Å². The topological polar surface area (TPSA) is 52.6 Å². The molecule has 16 heavy (non-hydrogen) atoms. The normalized spacial score (nSPS) is 11.7. The molecule has 0 saturated heterocycles. The summed E-state index contributed by atoms with van der Waals surface area (Å²) in [5, 5.41) is 0. The lowest BCUT2D eigenvalue weighted by Crippen LogP contribution is -2.35. The average molecular weight is 224 g/mol. The summed E-state index contributed by atoms with van der Waals surface area (Å²) in [6, 6.07) is 0. The maximum absolute atomic E-state index is 11.0. The van der Waals surface area contributed by atoms with Crippen molar-refractivity contribution in [1.82, 2.24) is 0 Å². The van der Waals surface area contributed by atoms with Gasteiger partial charge in [0.05, 0.1) is 0 Å². The van der Waals surface area contributed by atoms with Gasteiger partial charge in [0.15, 0.2) is 0 Å². The molecule has 0 heterocycles. The van der Waals surface area contributed by atoms with E-state index in [9.17, 15) is 9.59 Å². The quantitative estimate of drug-likeness (QED) is 0.310. The summed E-state index contributed by atoms with van der Waals surface area (Å²) in [6.07, 6.45) is 7.55. The van der Waals surface area contributed by atoms with Crippen LogP contribution in [0.3, 0.4) is 0 Å². The Hall–Kier alpha value is -1.84. The first kappa shape index (κ1) is 14.2. The second-order valence-electron chi connectivity index (χ2n) is 3.00. The van der Waals surface area contributed by atoms with E-state index in [1.54, 1.807) is 13.0 Å². The third-order valence-corrected chi connectivity index (χ3v) is 1.47. The van der Waals surface area contributed by atoms with Crippen LogP contribution in [-0.2, 0) is 19.1 Å².